The molecule has 0 radical (unpaired) electrons. The maximum absolute atomic E-state index is 17.0. The number of nitrogens with one attached hydrogen (secondary N) is 3. The Balaban J connectivity index is 1.35. The van der Waals surface area contributed by atoms with Crippen LogP contribution in [0.2, 0.25) is 0 Å². The van der Waals surface area contributed by atoms with Gasteiger partial charge >= 0.3 is 0 Å². The van der Waals surface area contributed by atoms with E-state index in [1.165, 1.54) is 31.9 Å². The molecule has 6 aliphatic rings. The quantitative estimate of drug-likeness (QED) is 0.261. The molecule has 7 unspecified atom stereocenters. The van der Waals surface area contributed by atoms with Crippen molar-refractivity contribution in [3.63, 3.8) is 0 Å². The van der Waals surface area contributed by atoms with E-state index >= 15 is 4.39 Å². The van der Waals surface area contributed by atoms with E-state index in [9.17, 15) is 9.18 Å². The van der Waals surface area contributed by atoms with E-state index in [4.69, 9.17) is 16.5 Å². The summed E-state index contributed by atoms with van der Waals surface area (Å²) in [4.78, 5) is 21.6. The van der Waals surface area contributed by atoms with Crippen molar-refractivity contribution < 1.29 is 13.6 Å². The van der Waals surface area contributed by atoms with Gasteiger partial charge in [-0.1, -0.05) is 51.4 Å². The highest BCUT2D eigenvalue weighted by Crippen LogP contribution is 2.55. The van der Waals surface area contributed by atoms with Crippen molar-refractivity contribution in [3.8, 4) is 0 Å². The summed E-state index contributed by atoms with van der Waals surface area (Å²) in [6.07, 6.45) is 18.2. The molecule has 1 amide bonds. The van der Waals surface area contributed by atoms with Crippen LogP contribution in [0.3, 0.4) is 0 Å². The summed E-state index contributed by atoms with van der Waals surface area (Å²) >= 11 is 0. The molecule has 0 aromatic heterocycles. The average Bonchev–Trinajstić information content (AvgIpc) is 3.70. The van der Waals surface area contributed by atoms with Crippen molar-refractivity contribution in [2.45, 2.75) is 146 Å². The first-order chi connectivity index (χ1) is 21.7. The fourth-order valence-electron chi connectivity index (χ4n) is 10.9. The Morgan fingerprint density at radius 3 is 2.42 bits per heavy atom. The van der Waals surface area contributed by atoms with Crippen molar-refractivity contribution in [2.24, 2.45) is 45.0 Å². The van der Waals surface area contributed by atoms with Gasteiger partial charge in [0.15, 0.2) is 0 Å². The first-order valence-electron chi connectivity index (χ1n) is 18.3. The summed E-state index contributed by atoms with van der Waals surface area (Å²) < 4.78 is 32.0. The molecule has 8 nitrogen and oxygen atoms in total. The summed E-state index contributed by atoms with van der Waals surface area (Å²) in [5.41, 5.74) is 11.9. The van der Waals surface area contributed by atoms with Crippen LogP contribution in [0.5, 0.6) is 0 Å². The van der Waals surface area contributed by atoms with Crippen LogP contribution in [0.25, 0.3) is 0 Å². The van der Waals surface area contributed by atoms with Crippen LogP contribution in [0, 0.1) is 28.6 Å². The van der Waals surface area contributed by atoms with Crippen LogP contribution in [-0.2, 0) is 4.79 Å². The molecule has 3 heterocycles. The molecule has 7 atom stereocenters. The second kappa shape index (κ2) is 14.2. The summed E-state index contributed by atoms with van der Waals surface area (Å²) in [5, 5.41) is 10.4. The second-order valence-corrected chi connectivity index (χ2v) is 15.7. The normalized spacial score (nSPS) is 37.6. The van der Waals surface area contributed by atoms with E-state index in [2.05, 4.69) is 27.9 Å². The number of nitrogens with zero attached hydrogens (tertiary/aromatic N) is 2. The van der Waals surface area contributed by atoms with Crippen molar-refractivity contribution in [1.29, 1.82) is 0 Å². The molecule has 1 spiro atoms. The fraction of sp³-hybridized carbons (Fsp3) is 0.886. The summed E-state index contributed by atoms with van der Waals surface area (Å²) in [7, 11) is 2.12. The number of likely N-dealkylation sites (N-methyl/N-ethyl adjacent to an activating group) is 1. The predicted molar refractivity (Wildman–Crippen MR) is 176 cm³/mol. The fourth-order valence-corrected chi connectivity index (χ4v) is 10.9. The van der Waals surface area contributed by atoms with Gasteiger partial charge < -0.3 is 22.1 Å². The highest BCUT2D eigenvalue weighted by Gasteiger charge is 2.61. The highest BCUT2D eigenvalue weighted by atomic mass is 19.1. The number of nitrogens with two attached hydrogens (primary N) is 2. The van der Waals surface area contributed by atoms with E-state index in [0.29, 0.717) is 32.0 Å². The van der Waals surface area contributed by atoms with Crippen molar-refractivity contribution in [2.75, 3.05) is 20.3 Å². The van der Waals surface area contributed by atoms with E-state index in [0.717, 1.165) is 70.6 Å². The third-order valence-corrected chi connectivity index (χ3v) is 13.0. The molecular weight excluding hydrogens is 572 g/mol. The lowest BCUT2D eigenvalue weighted by molar-refractivity contribution is -0.129. The molecule has 0 bridgehead atoms. The Hall–Kier alpha value is -1.62. The zero-order valence-corrected chi connectivity index (χ0v) is 27.5. The summed E-state index contributed by atoms with van der Waals surface area (Å²) in [5.74, 6) is -0.647. The number of carbonyl (C=O) groups is 1. The van der Waals surface area contributed by atoms with E-state index in [-0.39, 0.29) is 35.2 Å². The number of hydrogen-bond acceptors (Lipinski definition) is 7. The third kappa shape index (κ3) is 6.59. The number of alkyl halides is 1. The van der Waals surface area contributed by atoms with Crippen LogP contribution in [0.4, 0.5) is 8.78 Å². The lowest BCUT2D eigenvalue weighted by Crippen LogP contribution is -2.69. The van der Waals surface area contributed by atoms with E-state index in [1.54, 1.807) is 6.20 Å². The van der Waals surface area contributed by atoms with Gasteiger partial charge in [0.2, 0.25) is 5.91 Å². The number of hydrogen-bond donors (Lipinski definition) is 5. The molecule has 10 heteroatoms. The molecule has 3 aliphatic carbocycles. The molecule has 0 aromatic carbocycles. The molecule has 45 heavy (non-hydrogen) atoms. The lowest BCUT2D eigenvalue weighted by atomic mass is 9.56. The van der Waals surface area contributed by atoms with Crippen LogP contribution in [-0.4, -0.2) is 73.8 Å². The summed E-state index contributed by atoms with van der Waals surface area (Å²) in [6.45, 7) is 1.15. The molecule has 3 aliphatic heterocycles. The van der Waals surface area contributed by atoms with Crippen LogP contribution in [0.1, 0.15) is 109 Å². The van der Waals surface area contributed by atoms with Crippen LogP contribution < -0.4 is 27.4 Å². The van der Waals surface area contributed by atoms with Crippen LogP contribution in [0.15, 0.2) is 17.0 Å². The molecule has 6 rings (SSSR count). The summed E-state index contributed by atoms with van der Waals surface area (Å²) in [6, 6.07) is -0.920. The van der Waals surface area contributed by atoms with Gasteiger partial charge in [-0.15, -0.1) is 0 Å². The largest absolute Gasteiger partial charge is 0.387 e. The van der Waals surface area contributed by atoms with Gasteiger partial charge in [0.25, 0.3) is 0 Å². The SMILES string of the molecule is CN1CNC(C2CCCC2)C1C1(C2CCCCC2)C(F)=CNCC1NC(=O)C(C(N)N)C1CC2(CCCCC2)CCC(F)C=N1. The van der Waals surface area contributed by atoms with Gasteiger partial charge in [0.05, 0.1) is 29.6 Å². The molecule has 4 fully saturated rings. The third-order valence-electron chi connectivity index (χ3n) is 13.0. The maximum atomic E-state index is 17.0. The molecule has 0 aromatic rings. The Morgan fingerprint density at radius 1 is 1.02 bits per heavy atom. The molecule has 3 saturated carbocycles. The van der Waals surface area contributed by atoms with Gasteiger partial charge in [-0.3, -0.25) is 20.0 Å². The van der Waals surface area contributed by atoms with E-state index in [1.807, 2.05) is 0 Å². The van der Waals surface area contributed by atoms with Crippen LogP contribution >= 0.6 is 0 Å². The van der Waals surface area contributed by atoms with Gasteiger partial charge in [0, 0.05) is 37.7 Å². The van der Waals surface area contributed by atoms with Gasteiger partial charge in [-0.2, -0.15) is 0 Å². The number of amides is 1. The Labute approximate surface area is 269 Å². The highest BCUT2D eigenvalue weighted by molar-refractivity contribution is 5.81. The topological polar surface area (TPSA) is 121 Å². The average molecular weight is 632 g/mol. The van der Waals surface area contributed by atoms with Gasteiger partial charge in [-0.25, -0.2) is 8.78 Å². The minimum Gasteiger partial charge on any atom is -0.387 e. The lowest BCUT2D eigenvalue weighted by Gasteiger charge is -2.55. The second-order valence-electron chi connectivity index (χ2n) is 15.7. The van der Waals surface area contributed by atoms with Crippen molar-refractivity contribution in [1.82, 2.24) is 20.9 Å². The van der Waals surface area contributed by atoms with Crippen molar-refractivity contribution in [3.05, 3.63) is 12.0 Å². The molecule has 254 valence electrons. The number of aliphatic imine (C=N–C) groups is 1. The Bertz CT molecular complexity index is 1070. The Morgan fingerprint density at radius 2 is 1.71 bits per heavy atom. The van der Waals surface area contributed by atoms with Crippen molar-refractivity contribution >= 4 is 12.1 Å². The number of carbonyl (C=O) groups excluding carboxylic acids is 1. The minimum atomic E-state index is -1.14. The first-order valence-corrected chi connectivity index (χ1v) is 18.3. The predicted octanol–water partition coefficient (Wildman–Crippen LogP) is 4.64. The van der Waals surface area contributed by atoms with Gasteiger partial charge in [0.1, 0.15) is 12.0 Å². The minimum absolute atomic E-state index is 0.0434. The monoisotopic (exact) mass is 631 g/mol. The standard InChI is InChI=1S/C35H59F2N7O/c1-44-22-42-30(23-10-6-7-11-23)31(44)35(24-12-4-2-5-13-24)27(37)20-40-21-28(35)43-33(45)29(32(38)39)26-18-34(15-8-3-9-16-34)17-14-25(36)19-41-26/h19-20,23-26,28-32,40,42H,2-18,21-22,38-39H2,1H3,(H,43,45). The van der Waals surface area contributed by atoms with E-state index < -0.39 is 35.8 Å². The Kier molecular flexibility index (Phi) is 10.5. The maximum Gasteiger partial charge on any atom is 0.228 e. The smallest absolute Gasteiger partial charge is 0.228 e. The first kappa shape index (κ1) is 33.3. The number of halogens is 2. The van der Waals surface area contributed by atoms with Gasteiger partial charge in [-0.05, 0) is 82.1 Å². The molecular formula is C35H59F2N7O. The molecule has 7 N–H and O–H groups in total. The zero-order chi connectivity index (χ0) is 31.6. The number of rotatable bonds is 7. The molecule has 1 saturated heterocycles. The zero-order valence-electron chi connectivity index (χ0n) is 27.5.